The van der Waals surface area contributed by atoms with Crippen LogP contribution in [0.15, 0.2) is 48.7 Å². The third-order valence-electron chi connectivity index (χ3n) is 3.53. The summed E-state index contributed by atoms with van der Waals surface area (Å²) in [6.07, 6.45) is 1.50. The third kappa shape index (κ3) is 5.08. The summed E-state index contributed by atoms with van der Waals surface area (Å²) in [6.45, 7) is 0.0621. The maximum Gasteiger partial charge on any atom is 0.270 e. The topological polar surface area (TPSA) is 126 Å². The number of nitro groups is 1. The van der Waals surface area contributed by atoms with Crippen molar-refractivity contribution in [2.75, 3.05) is 26.2 Å². The number of hydrogen-bond donors (Lipinski definition) is 2. The van der Waals surface area contributed by atoms with Crippen molar-refractivity contribution in [2.24, 2.45) is 0 Å². The van der Waals surface area contributed by atoms with E-state index in [0.29, 0.717) is 0 Å². The van der Waals surface area contributed by atoms with Crippen LogP contribution in [0.3, 0.4) is 0 Å². The lowest BCUT2D eigenvalue weighted by atomic mass is 10.1. The summed E-state index contributed by atoms with van der Waals surface area (Å²) in [6, 6.07) is 10.3. The summed E-state index contributed by atoms with van der Waals surface area (Å²) >= 11 is 0. The van der Waals surface area contributed by atoms with Gasteiger partial charge in [0.1, 0.15) is 5.69 Å². The van der Waals surface area contributed by atoms with Crippen molar-refractivity contribution >= 4 is 17.5 Å². The van der Waals surface area contributed by atoms with Gasteiger partial charge in [0, 0.05) is 43.5 Å². The number of rotatable bonds is 8. The smallest absolute Gasteiger partial charge is 0.270 e. The van der Waals surface area contributed by atoms with E-state index in [9.17, 15) is 19.7 Å². The summed E-state index contributed by atoms with van der Waals surface area (Å²) in [5, 5.41) is 22.6. The molecule has 26 heavy (non-hydrogen) atoms. The van der Waals surface area contributed by atoms with Gasteiger partial charge >= 0.3 is 0 Å². The van der Waals surface area contributed by atoms with Crippen LogP contribution >= 0.6 is 0 Å². The number of nitro benzene ring substituents is 1. The lowest BCUT2D eigenvalue weighted by Gasteiger charge is -2.22. The molecule has 2 aromatic rings. The summed E-state index contributed by atoms with van der Waals surface area (Å²) < 4.78 is 0. The fraction of sp³-hybridized carbons (Fsp3) is 0.235. The van der Waals surface area contributed by atoms with Gasteiger partial charge in [-0.05, 0) is 18.2 Å². The quantitative estimate of drug-likeness (QED) is 0.532. The van der Waals surface area contributed by atoms with Crippen molar-refractivity contribution in [3.8, 4) is 0 Å². The zero-order valence-electron chi connectivity index (χ0n) is 13.9. The van der Waals surface area contributed by atoms with Crippen LogP contribution in [-0.4, -0.2) is 58.0 Å². The molecule has 1 aromatic heterocycles. The minimum absolute atomic E-state index is 0.0426. The second-order valence-electron chi connectivity index (χ2n) is 5.29. The molecule has 2 rings (SSSR count). The van der Waals surface area contributed by atoms with Gasteiger partial charge in [0.05, 0.1) is 11.5 Å². The maximum absolute atomic E-state index is 12.5. The van der Waals surface area contributed by atoms with Crippen molar-refractivity contribution in [1.29, 1.82) is 0 Å². The van der Waals surface area contributed by atoms with E-state index in [1.165, 1.54) is 35.4 Å². The Bertz CT molecular complexity index is 782. The van der Waals surface area contributed by atoms with Gasteiger partial charge in [0.15, 0.2) is 0 Å². The van der Waals surface area contributed by atoms with Gasteiger partial charge in [-0.25, -0.2) is 0 Å². The number of aliphatic hydroxyl groups excluding tert-OH is 1. The van der Waals surface area contributed by atoms with Gasteiger partial charge in [-0.3, -0.25) is 24.7 Å². The van der Waals surface area contributed by atoms with Gasteiger partial charge in [-0.1, -0.05) is 12.1 Å². The number of hydrogen-bond acceptors (Lipinski definition) is 6. The molecule has 1 aromatic carbocycles. The summed E-state index contributed by atoms with van der Waals surface area (Å²) in [5.74, 6) is -0.841. The van der Waals surface area contributed by atoms with Gasteiger partial charge in [0.2, 0.25) is 0 Å². The van der Waals surface area contributed by atoms with E-state index in [4.69, 9.17) is 5.11 Å². The zero-order valence-corrected chi connectivity index (χ0v) is 13.9. The molecule has 136 valence electrons. The van der Waals surface area contributed by atoms with E-state index >= 15 is 0 Å². The van der Waals surface area contributed by atoms with E-state index in [0.717, 1.165) is 0 Å². The minimum atomic E-state index is -0.583. The highest BCUT2D eigenvalue weighted by Gasteiger charge is 2.18. The average molecular weight is 358 g/mol. The van der Waals surface area contributed by atoms with Crippen LogP contribution in [-0.2, 0) is 0 Å². The van der Waals surface area contributed by atoms with E-state index in [-0.39, 0.29) is 49.1 Å². The van der Waals surface area contributed by atoms with Crippen LogP contribution in [0.4, 0.5) is 5.69 Å². The number of carbonyl (C=O) groups is 2. The Morgan fingerprint density at radius 3 is 2.65 bits per heavy atom. The Balaban J connectivity index is 1.99. The number of nitrogens with zero attached hydrogens (tertiary/aromatic N) is 3. The van der Waals surface area contributed by atoms with Crippen molar-refractivity contribution in [2.45, 2.75) is 0 Å². The van der Waals surface area contributed by atoms with Gasteiger partial charge < -0.3 is 15.3 Å². The molecule has 0 fully saturated rings. The molecular formula is C17H18N4O5. The Morgan fingerprint density at radius 1 is 1.19 bits per heavy atom. The Kier molecular flexibility index (Phi) is 6.75. The van der Waals surface area contributed by atoms with Crippen LogP contribution in [0, 0.1) is 10.1 Å². The molecule has 0 aliphatic heterocycles. The highest BCUT2D eigenvalue weighted by Crippen LogP contribution is 2.14. The predicted molar refractivity (Wildman–Crippen MR) is 92.7 cm³/mol. The van der Waals surface area contributed by atoms with Crippen LogP contribution in [0.2, 0.25) is 0 Å². The highest BCUT2D eigenvalue weighted by atomic mass is 16.6. The van der Waals surface area contributed by atoms with Gasteiger partial charge in [-0.2, -0.15) is 0 Å². The monoisotopic (exact) mass is 358 g/mol. The molecule has 0 saturated carbocycles. The van der Waals surface area contributed by atoms with Gasteiger partial charge in [0.25, 0.3) is 17.5 Å². The van der Waals surface area contributed by atoms with E-state index < -0.39 is 10.8 Å². The molecule has 0 bridgehead atoms. The SMILES string of the molecule is O=C(NCCN(CCO)C(=O)c1cccc([N+](=O)[O-])c1)c1ccccn1. The number of amides is 2. The van der Waals surface area contributed by atoms with Crippen molar-refractivity contribution < 1.29 is 19.6 Å². The molecule has 2 amide bonds. The maximum atomic E-state index is 12.5. The van der Waals surface area contributed by atoms with Crippen molar-refractivity contribution in [3.05, 3.63) is 70.0 Å². The first kappa shape index (κ1) is 19.0. The van der Waals surface area contributed by atoms with Crippen LogP contribution in [0.5, 0.6) is 0 Å². The largest absolute Gasteiger partial charge is 0.395 e. The molecule has 0 unspecified atom stereocenters. The second-order valence-corrected chi connectivity index (χ2v) is 5.29. The third-order valence-corrected chi connectivity index (χ3v) is 3.53. The molecular weight excluding hydrogens is 340 g/mol. The Morgan fingerprint density at radius 2 is 2.00 bits per heavy atom. The molecule has 1 heterocycles. The molecule has 2 N–H and O–H groups in total. The minimum Gasteiger partial charge on any atom is -0.395 e. The second kappa shape index (κ2) is 9.23. The van der Waals surface area contributed by atoms with Crippen LogP contribution < -0.4 is 5.32 Å². The molecule has 0 spiro atoms. The first-order chi connectivity index (χ1) is 12.5. The number of non-ortho nitro benzene ring substituents is 1. The standard InChI is InChI=1S/C17H18N4O5/c22-11-10-20(9-8-19-16(23)15-6-1-2-7-18-15)17(24)13-4-3-5-14(12-13)21(25)26/h1-7,12,22H,8-11H2,(H,19,23). The fourth-order valence-electron chi connectivity index (χ4n) is 2.26. The van der Waals surface area contributed by atoms with E-state index in [1.807, 2.05) is 0 Å². The summed E-state index contributed by atoms with van der Waals surface area (Å²) in [4.78, 5) is 40.0. The molecule has 0 atom stereocenters. The summed E-state index contributed by atoms with van der Waals surface area (Å²) in [7, 11) is 0. The van der Waals surface area contributed by atoms with Gasteiger partial charge in [-0.15, -0.1) is 0 Å². The number of aliphatic hydroxyl groups is 1. The number of carbonyl (C=O) groups excluding carboxylic acids is 2. The molecule has 0 radical (unpaired) electrons. The zero-order chi connectivity index (χ0) is 18.9. The highest BCUT2D eigenvalue weighted by molar-refractivity contribution is 5.95. The molecule has 9 nitrogen and oxygen atoms in total. The number of aromatic nitrogens is 1. The lowest BCUT2D eigenvalue weighted by Crippen LogP contribution is -2.40. The fourth-order valence-corrected chi connectivity index (χ4v) is 2.26. The first-order valence-electron chi connectivity index (χ1n) is 7.86. The summed E-state index contributed by atoms with van der Waals surface area (Å²) in [5.41, 5.74) is 0.207. The molecule has 0 aliphatic rings. The van der Waals surface area contributed by atoms with E-state index in [2.05, 4.69) is 10.3 Å². The number of nitrogens with one attached hydrogen (secondary N) is 1. The normalized spacial score (nSPS) is 10.2. The van der Waals surface area contributed by atoms with Crippen molar-refractivity contribution in [3.63, 3.8) is 0 Å². The number of benzene rings is 1. The Labute approximate surface area is 149 Å². The van der Waals surface area contributed by atoms with Crippen molar-refractivity contribution in [1.82, 2.24) is 15.2 Å². The average Bonchev–Trinajstić information content (AvgIpc) is 2.67. The molecule has 9 heteroatoms. The molecule has 0 aliphatic carbocycles. The predicted octanol–water partition coefficient (Wildman–Crippen LogP) is 0.854. The lowest BCUT2D eigenvalue weighted by molar-refractivity contribution is -0.384. The number of pyridine rings is 1. The Hall–Kier alpha value is -3.33. The molecule has 0 saturated heterocycles. The first-order valence-corrected chi connectivity index (χ1v) is 7.86. The van der Waals surface area contributed by atoms with Crippen LogP contribution in [0.1, 0.15) is 20.8 Å². The van der Waals surface area contributed by atoms with Crippen LogP contribution in [0.25, 0.3) is 0 Å². The van der Waals surface area contributed by atoms with E-state index in [1.54, 1.807) is 18.2 Å².